The molecule has 0 radical (unpaired) electrons. The minimum atomic E-state index is -4.93. The van der Waals surface area contributed by atoms with Gasteiger partial charge in [-0.3, -0.25) is 10.0 Å². The Labute approximate surface area is 159 Å². The average Bonchev–Trinajstić information content (AvgIpc) is 2.69. The molecule has 3 rings (SSSR count). The Balaban J connectivity index is 2.19. The summed E-state index contributed by atoms with van der Waals surface area (Å²) in [6, 6.07) is 21.3. The topological polar surface area (TPSA) is 58.6 Å². The molecular formula is C21H16F3NO3. The SMILES string of the molecule is O=C(NO)C(c1ccccc1)c1cc(-c2ccccc2)ccc1OC(F)(F)F. The standard InChI is InChI=1S/C21H16F3NO3/c22-21(23,24)28-18-12-11-16(14-7-3-1-4-8-14)13-17(18)19(20(26)25-27)15-9-5-2-6-10-15/h1-13,19,27H,(H,25,26). The molecule has 0 aromatic heterocycles. The first-order valence-corrected chi connectivity index (χ1v) is 8.33. The second kappa shape index (κ2) is 8.14. The number of hydrogen-bond acceptors (Lipinski definition) is 3. The zero-order chi connectivity index (χ0) is 20.1. The van der Waals surface area contributed by atoms with Gasteiger partial charge in [-0.2, -0.15) is 0 Å². The van der Waals surface area contributed by atoms with Crippen LogP contribution in [-0.2, 0) is 4.79 Å². The van der Waals surface area contributed by atoms with Crippen LogP contribution in [0.2, 0.25) is 0 Å². The number of ether oxygens (including phenoxy) is 1. The number of alkyl halides is 3. The van der Waals surface area contributed by atoms with E-state index in [1.165, 1.54) is 23.7 Å². The van der Waals surface area contributed by atoms with Crippen molar-refractivity contribution in [3.05, 3.63) is 90.0 Å². The Hall–Kier alpha value is -3.32. The van der Waals surface area contributed by atoms with Crippen LogP contribution in [0.25, 0.3) is 11.1 Å². The van der Waals surface area contributed by atoms with Gasteiger partial charge in [0.05, 0.1) is 5.92 Å². The predicted molar refractivity (Wildman–Crippen MR) is 96.8 cm³/mol. The van der Waals surface area contributed by atoms with Crippen molar-refractivity contribution >= 4 is 5.91 Å². The molecule has 0 heterocycles. The molecule has 0 aliphatic heterocycles. The van der Waals surface area contributed by atoms with Crippen molar-refractivity contribution in [2.45, 2.75) is 12.3 Å². The molecule has 7 heteroatoms. The van der Waals surface area contributed by atoms with Gasteiger partial charge in [-0.15, -0.1) is 13.2 Å². The highest BCUT2D eigenvalue weighted by Crippen LogP contribution is 2.38. The number of nitrogens with one attached hydrogen (secondary N) is 1. The lowest BCUT2D eigenvalue weighted by atomic mass is 9.88. The quantitative estimate of drug-likeness (QED) is 0.484. The van der Waals surface area contributed by atoms with Crippen molar-refractivity contribution in [1.82, 2.24) is 5.48 Å². The Bertz CT molecular complexity index is 944. The van der Waals surface area contributed by atoms with E-state index in [9.17, 15) is 23.2 Å². The van der Waals surface area contributed by atoms with E-state index < -0.39 is 23.9 Å². The van der Waals surface area contributed by atoms with E-state index in [0.717, 1.165) is 5.56 Å². The Kier molecular flexibility index (Phi) is 5.65. The third-order valence-corrected chi connectivity index (χ3v) is 4.16. The van der Waals surface area contributed by atoms with Gasteiger partial charge in [-0.25, -0.2) is 5.48 Å². The molecule has 0 bridgehead atoms. The zero-order valence-corrected chi connectivity index (χ0v) is 14.5. The highest BCUT2D eigenvalue weighted by molar-refractivity contribution is 5.87. The van der Waals surface area contributed by atoms with Crippen LogP contribution in [0.5, 0.6) is 5.75 Å². The number of amides is 1. The molecule has 28 heavy (non-hydrogen) atoms. The van der Waals surface area contributed by atoms with Gasteiger partial charge >= 0.3 is 6.36 Å². The maximum atomic E-state index is 12.9. The van der Waals surface area contributed by atoms with E-state index in [1.54, 1.807) is 54.6 Å². The maximum absolute atomic E-state index is 12.9. The molecule has 1 unspecified atom stereocenters. The van der Waals surface area contributed by atoms with Crippen molar-refractivity contribution in [2.75, 3.05) is 0 Å². The summed E-state index contributed by atoms with van der Waals surface area (Å²) in [5, 5.41) is 9.18. The lowest BCUT2D eigenvalue weighted by Crippen LogP contribution is -2.28. The number of carbonyl (C=O) groups is 1. The van der Waals surface area contributed by atoms with Gasteiger partial charge in [0.2, 0.25) is 0 Å². The van der Waals surface area contributed by atoms with Gasteiger partial charge < -0.3 is 4.74 Å². The molecule has 0 aliphatic rings. The first-order valence-electron chi connectivity index (χ1n) is 8.33. The number of carbonyl (C=O) groups excluding carboxylic acids is 1. The fraction of sp³-hybridized carbons (Fsp3) is 0.0952. The Morgan fingerprint density at radius 3 is 2.07 bits per heavy atom. The lowest BCUT2D eigenvalue weighted by Gasteiger charge is -2.21. The predicted octanol–water partition coefficient (Wildman–Crippen LogP) is 4.89. The molecule has 0 saturated carbocycles. The normalized spacial score (nSPS) is 12.3. The average molecular weight is 387 g/mol. The van der Waals surface area contributed by atoms with Crippen molar-refractivity contribution in [3.63, 3.8) is 0 Å². The van der Waals surface area contributed by atoms with Crippen molar-refractivity contribution in [1.29, 1.82) is 0 Å². The van der Waals surface area contributed by atoms with Crippen LogP contribution >= 0.6 is 0 Å². The van der Waals surface area contributed by atoms with Crippen molar-refractivity contribution < 1.29 is 27.9 Å². The summed E-state index contributed by atoms with van der Waals surface area (Å²) >= 11 is 0. The summed E-state index contributed by atoms with van der Waals surface area (Å²) in [7, 11) is 0. The van der Waals surface area contributed by atoms with Crippen LogP contribution in [0, 0.1) is 0 Å². The van der Waals surface area contributed by atoms with Gasteiger partial charge in [0, 0.05) is 5.56 Å². The summed E-state index contributed by atoms with van der Waals surface area (Å²) < 4.78 is 42.9. The fourth-order valence-corrected chi connectivity index (χ4v) is 2.98. The van der Waals surface area contributed by atoms with Crippen LogP contribution in [0.3, 0.4) is 0 Å². The monoisotopic (exact) mass is 387 g/mol. The molecular weight excluding hydrogens is 371 g/mol. The fourth-order valence-electron chi connectivity index (χ4n) is 2.98. The molecule has 4 nitrogen and oxygen atoms in total. The van der Waals surface area contributed by atoms with Crippen LogP contribution in [-0.4, -0.2) is 17.5 Å². The van der Waals surface area contributed by atoms with E-state index >= 15 is 0 Å². The largest absolute Gasteiger partial charge is 0.573 e. The Morgan fingerprint density at radius 2 is 1.50 bits per heavy atom. The van der Waals surface area contributed by atoms with E-state index in [2.05, 4.69) is 4.74 Å². The van der Waals surface area contributed by atoms with Crippen LogP contribution in [0.1, 0.15) is 17.0 Å². The van der Waals surface area contributed by atoms with Gasteiger partial charge in [-0.1, -0.05) is 66.7 Å². The number of hydrogen-bond donors (Lipinski definition) is 2. The Morgan fingerprint density at radius 1 is 0.893 bits per heavy atom. The molecule has 0 aliphatic carbocycles. The summed E-state index contributed by atoms with van der Waals surface area (Å²) in [6.07, 6.45) is -4.93. The summed E-state index contributed by atoms with van der Waals surface area (Å²) in [4.78, 5) is 12.4. The molecule has 1 atom stereocenters. The molecule has 3 aromatic carbocycles. The third kappa shape index (κ3) is 4.50. The van der Waals surface area contributed by atoms with Gasteiger partial charge in [0.15, 0.2) is 0 Å². The third-order valence-electron chi connectivity index (χ3n) is 4.16. The summed E-state index contributed by atoms with van der Waals surface area (Å²) in [5.74, 6) is -2.58. The van der Waals surface area contributed by atoms with E-state index in [-0.39, 0.29) is 5.56 Å². The highest BCUT2D eigenvalue weighted by Gasteiger charge is 2.35. The number of hydroxylamine groups is 1. The van der Waals surface area contributed by atoms with Crippen LogP contribution in [0.15, 0.2) is 78.9 Å². The first-order chi connectivity index (χ1) is 13.4. The summed E-state index contributed by atoms with van der Waals surface area (Å²) in [6.45, 7) is 0. The molecule has 0 fully saturated rings. The first kappa shape index (κ1) is 19.4. The van der Waals surface area contributed by atoms with E-state index in [4.69, 9.17) is 0 Å². The summed E-state index contributed by atoms with van der Waals surface area (Å²) in [5.41, 5.74) is 3.30. The number of halogens is 3. The molecule has 2 N–H and O–H groups in total. The van der Waals surface area contributed by atoms with Crippen LogP contribution in [0.4, 0.5) is 13.2 Å². The lowest BCUT2D eigenvalue weighted by molar-refractivity contribution is -0.275. The minimum Gasteiger partial charge on any atom is -0.405 e. The number of rotatable bonds is 5. The van der Waals surface area contributed by atoms with Gasteiger partial charge in [0.25, 0.3) is 5.91 Å². The van der Waals surface area contributed by atoms with E-state index in [1.807, 2.05) is 6.07 Å². The molecule has 0 saturated heterocycles. The molecule has 1 amide bonds. The molecule has 0 spiro atoms. The second-order valence-electron chi connectivity index (χ2n) is 5.99. The molecule has 144 valence electrons. The smallest absolute Gasteiger partial charge is 0.405 e. The van der Waals surface area contributed by atoms with Crippen molar-refractivity contribution in [2.24, 2.45) is 0 Å². The minimum absolute atomic E-state index is 0.0172. The number of benzene rings is 3. The zero-order valence-electron chi connectivity index (χ0n) is 14.5. The van der Waals surface area contributed by atoms with Gasteiger partial charge in [0.1, 0.15) is 5.75 Å². The van der Waals surface area contributed by atoms with E-state index in [0.29, 0.717) is 11.1 Å². The second-order valence-corrected chi connectivity index (χ2v) is 5.99. The van der Waals surface area contributed by atoms with Crippen molar-refractivity contribution in [3.8, 4) is 16.9 Å². The maximum Gasteiger partial charge on any atom is 0.573 e. The van der Waals surface area contributed by atoms with Crippen LogP contribution < -0.4 is 10.2 Å². The highest BCUT2D eigenvalue weighted by atomic mass is 19.4. The molecule has 3 aromatic rings. The van der Waals surface area contributed by atoms with Gasteiger partial charge in [-0.05, 0) is 28.8 Å².